The Balaban J connectivity index is 2.23. The summed E-state index contributed by atoms with van der Waals surface area (Å²) in [7, 11) is 1.54. The summed E-state index contributed by atoms with van der Waals surface area (Å²) in [4.78, 5) is 35.7. The number of ether oxygens (including phenoxy) is 1. The molecule has 2 rings (SSSR count). The van der Waals surface area contributed by atoms with E-state index in [-0.39, 0.29) is 18.3 Å². The fraction of sp³-hybridized carbons (Fsp3) is 0.600. The van der Waals surface area contributed by atoms with Crippen molar-refractivity contribution in [2.45, 2.75) is 46.5 Å². The van der Waals surface area contributed by atoms with Gasteiger partial charge in [-0.25, -0.2) is 4.79 Å². The molecule has 1 atom stereocenters. The van der Waals surface area contributed by atoms with Gasteiger partial charge in [0.05, 0.1) is 6.61 Å². The number of ketones is 1. The summed E-state index contributed by atoms with van der Waals surface area (Å²) in [5.41, 5.74) is 3.54. The average molecular weight is 348 g/mol. The van der Waals surface area contributed by atoms with Gasteiger partial charge in [0.25, 0.3) is 0 Å². The smallest absolute Gasteiger partial charge is 0.353 e. The van der Waals surface area contributed by atoms with Crippen molar-refractivity contribution in [2.24, 2.45) is 11.8 Å². The minimum absolute atomic E-state index is 0.0196. The van der Waals surface area contributed by atoms with E-state index < -0.39 is 11.9 Å². The summed E-state index contributed by atoms with van der Waals surface area (Å²) in [5, 5.41) is 0. The Morgan fingerprint density at radius 2 is 1.68 bits per heavy atom. The standard InChI is InChI=1S/C20H28O5/c1-13-11-14(2)17(15(3)12-13)19(21)18(16-7-5-6-8-16)20(22)25-24-10-9-23-4/h11-12,16,18H,5-10H2,1-4H3. The quantitative estimate of drug-likeness (QED) is 0.236. The molecule has 1 aliphatic rings. The van der Waals surface area contributed by atoms with Crippen molar-refractivity contribution in [3.05, 3.63) is 34.4 Å². The van der Waals surface area contributed by atoms with E-state index in [1.54, 1.807) is 7.11 Å². The van der Waals surface area contributed by atoms with Crippen LogP contribution in [0.3, 0.4) is 0 Å². The van der Waals surface area contributed by atoms with Crippen LogP contribution < -0.4 is 0 Å². The average Bonchev–Trinajstić information content (AvgIpc) is 3.04. The first-order valence-corrected chi connectivity index (χ1v) is 8.90. The molecule has 0 N–H and O–H groups in total. The van der Waals surface area contributed by atoms with Gasteiger partial charge in [-0.1, -0.05) is 30.5 Å². The third kappa shape index (κ3) is 4.89. The zero-order valence-electron chi connectivity index (χ0n) is 15.6. The highest BCUT2D eigenvalue weighted by atomic mass is 17.2. The fourth-order valence-corrected chi connectivity index (χ4v) is 3.80. The fourth-order valence-electron chi connectivity index (χ4n) is 3.80. The van der Waals surface area contributed by atoms with Gasteiger partial charge in [0.15, 0.2) is 5.78 Å². The Morgan fingerprint density at radius 3 is 2.24 bits per heavy atom. The van der Waals surface area contributed by atoms with Crippen LogP contribution in [0.15, 0.2) is 12.1 Å². The van der Waals surface area contributed by atoms with Crippen LogP contribution in [-0.4, -0.2) is 32.1 Å². The molecule has 1 aliphatic carbocycles. The lowest BCUT2D eigenvalue weighted by Crippen LogP contribution is -2.33. The molecule has 5 heteroatoms. The molecule has 0 bridgehead atoms. The van der Waals surface area contributed by atoms with Crippen molar-refractivity contribution < 1.29 is 24.1 Å². The zero-order chi connectivity index (χ0) is 18.4. The second-order valence-corrected chi connectivity index (χ2v) is 6.88. The van der Waals surface area contributed by atoms with Crippen LogP contribution in [0, 0.1) is 32.6 Å². The first-order valence-electron chi connectivity index (χ1n) is 8.90. The molecule has 0 heterocycles. The Kier molecular flexibility index (Phi) is 7.14. The van der Waals surface area contributed by atoms with E-state index in [0.29, 0.717) is 12.2 Å². The molecule has 0 aliphatic heterocycles. The van der Waals surface area contributed by atoms with Crippen LogP contribution in [0.1, 0.15) is 52.7 Å². The molecule has 0 aromatic heterocycles. The zero-order valence-corrected chi connectivity index (χ0v) is 15.6. The van der Waals surface area contributed by atoms with E-state index in [1.807, 2.05) is 32.9 Å². The van der Waals surface area contributed by atoms with Gasteiger partial charge in [0, 0.05) is 12.7 Å². The summed E-state index contributed by atoms with van der Waals surface area (Å²) in [6.07, 6.45) is 3.82. The van der Waals surface area contributed by atoms with Crippen LogP contribution in [-0.2, 0) is 19.3 Å². The van der Waals surface area contributed by atoms with Crippen LogP contribution >= 0.6 is 0 Å². The van der Waals surface area contributed by atoms with Crippen LogP contribution in [0.2, 0.25) is 0 Å². The van der Waals surface area contributed by atoms with E-state index in [4.69, 9.17) is 14.5 Å². The molecule has 1 aromatic carbocycles. The van der Waals surface area contributed by atoms with Crippen LogP contribution in [0.4, 0.5) is 0 Å². The number of hydrogen-bond acceptors (Lipinski definition) is 5. The normalized spacial score (nSPS) is 16.0. The number of benzene rings is 1. The van der Waals surface area contributed by atoms with Gasteiger partial charge in [0.2, 0.25) is 0 Å². The van der Waals surface area contributed by atoms with Crippen molar-refractivity contribution in [1.29, 1.82) is 0 Å². The molecule has 0 saturated heterocycles. The van der Waals surface area contributed by atoms with E-state index in [1.165, 1.54) is 0 Å². The van der Waals surface area contributed by atoms with Crippen LogP contribution in [0.25, 0.3) is 0 Å². The van der Waals surface area contributed by atoms with E-state index >= 15 is 0 Å². The number of carbonyl (C=O) groups is 2. The van der Waals surface area contributed by atoms with Gasteiger partial charge in [-0.3, -0.25) is 9.68 Å². The van der Waals surface area contributed by atoms with Crippen molar-refractivity contribution in [1.82, 2.24) is 0 Å². The molecule has 0 radical (unpaired) electrons. The van der Waals surface area contributed by atoms with Crippen molar-refractivity contribution in [3.63, 3.8) is 0 Å². The van der Waals surface area contributed by atoms with E-state index in [0.717, 1.165) is 42.4 Å². The van der Waals surface area contributed by atoms with Crippen molar-refractivity contribution >= 4 is 11.8 Å². The number of rotatable bonds is 8. The highest BCUT2D eigenvalue weighted by Gasteiger charge is 2.39. The first kappa shape index (κ1) is 19.6. The molecule has 0 amide bonds. The topological polar surface area (TPSA) is 61.8 Å². The monoisotopic (exact) mass is 348 g/mol. The van der Waals surface area contributed by atoms with E-state index in [9.17, 15) is 9.59 Å². The number of Topliss-reactive ketones (excluding diaryl/α,β-unsaturated/α-hetero) is 1. The molecule has 25 heavy (non-hydrogen) atoms. The second kappa shape index (κ2) is 9.11. The summed E-state index contributed by atoms with van der Waals surface area (Å²) in [5.74, 6) is -1.52. The third-order valence-corrected chi connectivity index (χ3v) is 4.84. The molecule has 1 fully saturated rings. The number of hydrogen-bond donors (Lipinski definition) is 0. The highest BCUT2D eigenvalue weighted by Crippen LogP contribution is 2.35. The molecule has 1 unspecified atom stereocenters. The Morgan fingerprint density at radius 1 is 1.08 bits per heavy atom. The first-order chi connectivity index (χ1) is 12.0. The Bertz CT molecular complexity index is 594. The number of aryl methyl sites for hydroxylation is 3. The maximum atomic E-state index is 13.2. The molecular weight excluding hydrogens is 320 g/mol. The minimum Gasteiger partial charge on any atom is -0.382 e. The Hall–Kier alpha value is -1.72. The highest BCUT2D eigenvalue weighted by molar-refractivity contribution is 6.10. The molecule has 138 valence electrons. The van der Waals surface area contributed by atoms with Crippen molar-refractivity contribution in [2.75, 3.05) is 20.3 Å². The summed E-state index contributed by atoms with van der Waals surface area (Å²) in [6, 6.07) is 3.96. The lowest BCUT2D eigenvalue weighted by atomic mass is 9.82. The number of carbonyl (C=O) groups excluding carboxylic acids is 2. The van der Waals surface area contributed by atoms with Gasteiger partial charge >= 0.3 is 5.97 Å². The predicted molar refractivity (Wildman–Crippen MR) is 94.4 cm³/mol. The van der Waals surface area contributed by atoms with Gasteiger partial charge in [-0.05, 0) is 50.7 Å². The Labute approximate surface area is 149 Å². The molecule has 1 saturated carbocycles. The largest absolute Gasteiger partial charge is 0.382 e. The lowest BCUT2D eigenvalue weighted by molar-refractivity contribution is -0.279. The van der Waals surface area contributed by atoms with Gasteiger partial charge in [-0.2, -0.15) is 4.89 Å². The predicted octanol–water partition coefficient (Wildman–Crippen LogP) is 3.72. The number of methoxy groups -OCH3 is 1. The molecule has 1 aromatic rings. The molecule has 5 nitrogen and oxygen atoms in total. The van der Waals surface area contributed by atoms with Crippen molar-refractivity contribution in [3.8, 4) is 0 Å². The lowest BCUT2D eigenvalue weighted by Gasteiger charge is -2.22. The third-order valence-electron chi connectivity index (χ3n) is 4.84. The summed E-state index contributed by atoms with van der Waals surface area (Å²) >= 11 is 0. The SMILES string of the molecule is COCCOOC(=O)C(C(=O)c1c(C)cc(C)cc1C)C1CCCC1. The van der Waals surface area contributed by atoms with Gasteiger partial charge in [-0.15, -0.1) is 0 Å². The second-order valence-electron chi connectivity index (χ2n) is 6.88. The maximum absolute atomic E-state index is 13.2. The van der Waals surface area contributed by atoms with Gasteiger partial charge < -0.3 is 4.74 Å². The summed E-state index contributed by atoms with van der Waals surface area (Å²) in [6.45, 7) is 6.31. The summed E-state index contributed by atoms with van der Waals surface area (Å²) < 4.78 is 4.86. The minimum atomic E-state index is -0.801. The van der Waals surface area contributed by atoms with E-state index in [2.05, 4.69) is 0 Å². The maximum Gasteiger partial charge on any atom is 0.353 e. The molecule has 0 spiro atoms. The van der Waals surface area contributed by atoms with Gasteiger partial charge in [0.1, 0.15) is 12.5 Å². The molecular formula is C20H28O5. The van der Waals surface area contributed by atoms with Crippen LogP contribution in [0.5, 0.6) is 0 Å².